The fourth-order valence-electron chi connectivity index (χ4n) is 1.84. The topological polar surface area (TPSA) is 46.1 Å². The molecule has 114 valence electrons. The van der Waals surface area contributed by atoms with Gasteiger partial charge in [-0.3, -0.25) is 4.79 Å². The SMILES string of the molecule is CCCNC(C)c1cccn1CC(=O)NCC(F)(F)F. The lowest BCUT2D eigenvalue weighted by atomic mass is 10.2. The number of halogens is 3. The number of hydrogen-bond acceptors (Lipinski definition) is 2. The molecule has 1 aromatic heterocycles. The van der Waals surface area contributed by atoms with Gasteiger partial charge in [-0.2, -0.15) is 13.2 Å². The van der Waals surface area contributed by atoms with E-state index in [-0.39, 0.29) is 12.6 Å². The van der Waals surface area contributed by atoms with Crippen molar-refractivity contribution in [3.8, 4) is 0 Å². The predicted molar refractivity (Wildman–Crippen MR) is 70.2 cm³/mol. The molecule has 1 unspecified atom stereocenters. The molecule has 0 aliphatic heterocycles. The van der Waals surface area contributed by atoms with Gasteiger partial charge in [-0.15, -0.1) is 0 Å². The number of amides is 1. The number of hydrogen-bond donors (Lipinski definition) is 2. The summed E-state index contributed by atoms with van der Waals surface area (Å²) in [5.41, 5.74) is 0.876. The zero-order valence-electron chi connectivity index (χ0n) is 11.6. The van der Waals surface area contributed by atoms with Crippen molar-refractivity contribution in [3.63, 3.8) is 0 Å². The van der Waals surface area contributed by atoms with Crippen LogP contribution >= 0.6 is 0 Å². The van der Waals surface area contributed by atoms with E-state index >= 15 is 0 Å². The van der Waals surface area contributed by atoms with Crippen LogP contribution in [0.25, 0.3) is 0 Å². The molecule has 1 aromatic rings. The molecule has 1 amide bonds. The molecule has 0 radical (unpaired) electrons. The van der Waals surface area contributed by atoms with Crippen molar-refractivity contribution in [1.82, 2.24) is 15.2 Å². The number of alkyl halides is 3. The first-order chi connectivity index (χ1) is 9.33. The minimum Gasteiger partial charge on any atom is -0.345 e. The Morgan fingerprint density at radius 1 is 1.45 bits per heavy atom. The second-order valence-corrected chi connectivity index (χ2v) is 4.63. The van der Waals surface area contributed by atoms with E-state index in [1.807, 2.05) is 25.2 Å². The van der Waals surface area contributed by atoms with Crippen molar-refractivity contribution in [3.05, 3.63) is 24.0 Å². The first kappa shape index (κ1) is 16.6. The summed E-state index contributed by atoms with van der Waals surface area (Å²) < 4.78 is 37.7. The first-order valence-electron chi connectivity index (χ1n) is 6.55. The minimum absolute atomic E-state index is 0.0420. The van der Waals surface area contributed by atoms with E-state index in [0.717, 1.165) is 18.7 Å². The molecule has 0 aromatic carbocycles. The average Bonchev–Trinajstić information content (AvgIpc) is 2.81. The van der Waals surface area contributed by atoms with Crippen LogP contribution in [0.4, 0.5) is 13.2 Å². The largest absolute Gasteiger partial charge is 0.405 e. The molecule has 2 N–H and O–H groups in total. The van der Waals surface area contributed by atoms with Gasteiger partial charge < -0.3 is 15.2 Å². The number of aromatic nitrogens is 1. The van der Waals surface area contributed by atoms with Crippen LogP contribution < -0.4 is 10.6 Å². The maximum absolute atomic E-state index is 12.0. The van der Waals surface area contributed by atoms with Gasteiger partial charge in [0.05, 0.1) is 0 Å². The molecular formula is C13H20F3N3O. The zero-order valence-corrected chi connectivity index (χ0v) is 11.6. The number of nitrogens with one attached hydrogen (secondary N) is 2. The Morgan fingerprint density at radius 3 is 2.75 bits per heavy atom. The second-order valence-electron chi connectivity index (χ2n) is 4.63. The smallest absolute Gasteiger partial charge is 0.345 e. The van der Waals surface area contributed by atoms with E-state index in [0.29, 0.717) is 0 Å². The van der Waals surface area contributed by atoms with Crippen molar-refractivity contribution in [2.45, 2.75) is 39.0 Å². The lowest BCUT2D eigenvalue weighted by molar-refractivity contribution is -0.138. The van der Waals surface area contributed by atoms with E-state index in [9.17, 15) is 18.0 Å². The number of nitrogens with zero attached hydrogens (tertiary/aromatic N) is 1. The fourth-order valence-corrected chi connectivity index (χ4v) is 1.84. The zero-order chi connectivity index (χ0) is 15.2. The van der Waals surface area contributed by atoms with Gasteiger partial charge >= 0.3 is 6.18 Å². The monoisotopic (exact) mass is 291 g/mol. The van der Waals surface area contributed by atoms with E-state index in [4.69, 9.17) is 0 Å². The summed E-state index contributed by atoms with van der Waals surface area (Å²) in [6.07, 6.45) is -1.71. The number of carbonyl (C=O) groups is 1. The Morgan fingerprint density at radius 2 is 2.15 bits per heavy atom. The lowest BCUT2D eigenvalue weighted by Gasteiger charge is -2.17. The maximum Gasteiger partial charge on any atom is 0.405 e. The molecule has 0 aliphatic carbocycles. The van der Waals surface area contributed by atoms with E-state index < -0.39 is 18.6 Å². The van der Waals surface area contributed by atoms with E-state index in [1.54, 1.807) is 16.8 Å². The summed E-state index contributed by atoms with van der Waals surface area (Å²) in [7, 11) is 0. The van der Waals surface area contributed by atoms with Crippen molar-refractivity contribution in [2.75, 3.05) is 13.1 Å². The fraction of sp³-hybridized carbons (Fsp3) is 0.615. The van der Waals surface area contributed by atoms with Crippen molar-refractivity contribution in [2.24, 2.45) is 0 Å². The molecule has 0 aliphatic rings. The van der Waals surface area contributed by atoms with E-state index in [1.165, 1.54) is 0 Å². The molecule has 0 bridgehead atoms. The third-order valence-corrected chi connectivity index (χ3v) is 2.81. The van der Waals surface area contributed by atoms with Gasteiger partial charge in [0, 0.05) is 17.9 Å². The van der Waals surface area contributed by atoms with E-state index in [2.05, 4.69) is 5.32 Å². The second kappa shape index (κ2) is 7.33. The van der Waals surface area contributed by atoms with Gasteiger partial charge in [-0.1, -0.05) is 6.92 Å². The van der Waals surface area contributed by atoms with Crippen molar-refractivity contribution < 1.29 is 18.0 Å². The standard InChI is InChI=1S/C13H20F3N3O/c1-3-6-17-10(2)11-5-4-7-19(11)8-12(20)18-9-13(14,15)16/h4-5,7,10,17H,3,6,8-9H2,1-2H3,(H,18,20). The van der Waals surface area contributed by atoms with Gasteiger partial charge in [0.15, 0.2) is 0 Å². The van der Waals surface area contributed by atoms with Crippen LogP contribution in [0.15, 0.2) is 18.3 Å². The Kier molecular flexibility index (Phi) is 6.06. The van der Waals surface area contributed by atoms with Gasteiger partial charge in [-0.05, 0) is 32.0 Å². The first-order valence-corrected chi connectivity index (χ1v) is 6.55. The molecular weight excluding hydrogens is 271 g/mol. The van der Waals surface area contributed by atoms with Gasteiger partial charge in [0.25, 0.3) is 0 Å². The molecule has 4 nitrogen and oxygen atoms in total. The van der Waals surface area contributed by atoms with Crippen LogP contribution in [-0.4, -0.2) is 29.7 Å². The van der Waals surface area contributed by atoms with Crippen LogP contribution in [0.3, 0.4) is 0 Å². The van der Waals surface area contributed by atoms with Crippen LogP contribution in [0.5, 0.6) is 0 Å². The Hall–Kier alpha value is -1.50. The highest BCUT2D eigenvalue weighted by atomic mass is 19.4. The summed E-state index contributed by atoms with van der Waals surface area (Å²) in [6, 6.07) is 3.67. The summed E-state index contributed by atoms with van der Waals surface area (Å²) >= 11 is 0. The quantitative estimate of drug-likeness (QED) is 0.809. The molecule has 20 heavy (non-hydrogen) atoms. The Labute approximate surface area is 116 Å². The molecule has 0 saturated carbocycles. The highest BCUT2D eigenvalue weighted by Gasteiger charge is 2.27. The Bertz CT molecular complexity index is 429. The molecule has 7 heteroatoms. The van der Waals surface area contributed by atoms with Gasteiger partial charge in [-0.25, -0.2) is 0 Å². The summed E-state index contributed by atoms with van der Waals surface area (Å²) in [5, 5.41) is 5.14. The molecule has 0 fully saturated rings. The van der Waals surface area contributed by atoms with Crippen molar-refractivity contribution >= 4 is 5.91 Å². The van der Waals surface area contributed by atoms with Gasteiger partial charge in [0.2, 0.25) is 5.91 Å². The minimum atomic E-state index is -4.38. The maximum atomic E-state index is 12.0. The molecule has 1 rings (SSSR count). The predicted octanol–water partition coefficient (Wildman–Crippen LogP) is 2.23. The van der Waals surface area contributed by atoms with Crippen LogP contribution in [0.1, 0.15) is 32.0 Å². The van der Waals surface area contributed by atoms with Crippen LogP contribution in [-0.2, 0) is 11.3 Å². The van der Waals surface area contributed by atoms with Crippen LogP contribution in [0, 0.1) is 0 Å². The highest BCUT2D eigenvalue weighted by Crippen LogP contribution is 2.14. The lowest BCUT2D eigenvalue weighted by Crippen LogP contribution is -2.36. The highest BCUT2D eigenvalue weighted by molar-refractivity contribution is 5.75. The third kappa shape index (κ3) is 5.64. The summed E-state index contributed by atoms with van der Waals surface area (Å²) in [5.74, 6) is -0.650. The summed E-state index contributed by atoms with van der Waals surface area (Å²) in [4.78, 5) is 11.5. The molecule has 1 heterocycles. The number of carbonyl (C=O) groups excluding carboxylic acids is 1. The van der Waals surface area contributed by atoms with Crippen molar-refractivity contribution in [1.29, 1.82) is 0 Å². The molecule has 0 spiro atoms. The Balaban J connectivity index is 2.56. The third-order valence-electron chi connectivity index (χ3n) is 2.81. The summed E-state index contributed by atoms with van der Waals surface area (Å²) in [6.45, 7) is 3.42. The molecule has 0 saturated heterocycles. The normalized spacial score (nSPS) is 13.2. The van der Waals surface area contributed by atoms with Gasteiger partial charge in [0.1, 0.15) is 13.1 Å². The number of rotatable bonds is 7. The van der Waals surface area contributed by atoms with Crippen LogP contribution in [0.2, 0.25) is 0 Å². The average molecular weight is 291 g/mol. The molecule has 1 atom stereocenters.